The highest BCUT2D eigenvalue weighted by molar-refractivity contribution is 5.96. The summed E-state index contributed by atoms with van der Waals surface area (Å²) < 4.78 is 2.02. The number of hydrogen-bond donors (Lipinski definition) is 4. The van der Waals surface area contributed by atoms with Gasteiger partial charge in [0, 0.05) is 23.5 Å². The molecule has 1 saturated carbocycles. The number of nitrogen functional groups attached to an aromatic ring is 1. The van der Waals surface area contributed by atoms with E-state index in [0.29, 0.717) is 29.5 Å². The number of aryl methyl sites for hydroxylation is 1. The van der Waals surface area contributed by atoms with Gasteiger partial charge in [-0.1, -0.05) is 6.07 Å². The summed E-state index contributed by atoms with van der Waals surface area (Å²) in [4.78, 5) is 38.3. The Kier molecular flexibility index (Phi) is 5.88. The van der Waals surface area contributed by atoms with Gasteiger partial charge in [0.05, 0.1) is 17.2 Å². The Labute approximate surface area is 235 Å². The van der Waals surface area contributed by atoms with E-state index in [-0.39, 0.29) is 23.3 Å². The van der Waals surface area contributed by atoms with Crippen LogP contribution in [0, 0.1) is 0 Å². The number of imidazole rings is 1. The third kappa shape index (κ3) is 4.53. The van der Waals surface area contributed by atoms with Crippen LogP contribution in [-0.4, -0.2) is 42.9 Å². The number of nitrogens with two attached hydrogens (primary N) is 1. The Hall–Kier alpha value is -5.25. The number of amides is 1. The van der Waals surface area contributed by atoms with Crippen LogP contribution < -0.4 is 16.4 Å². The number of phenols is 1. The summed E-state index contributed by atoms with van der Waals surface area (Å²) in [5, 5.41) is 16.3. The zero-order valence-corrected chi connectivity index (χ0v) is 22.0. The number of aromatic nitrogens is 4. The van der Waals surface area contributed by atoms with Crippen LogP contribution in [0.4, 0.5) is 11.6 Å². The van der Waals surface area contributed by atoms with Gasteiger partial charge in [-0.2, -0.15) is 0 Å². The van der Waals surface area contributed by atoms with Gasteiger partial charge in [0.25, 0.3) is 5.91 Å². The van der Waals surface area contributed by atoms with E-state index in [1.54, 1.807) is 6.20 Å². The van der Waals surface area contributed by atoms with Gasteiger partial charge in [0.2, 0.25) is 0 Å². The number of carbonyl (C=O) groups excluding carboxylic acids is 2. The molecule has 2 aromatic carbocycles. The number of benzene rings is 2. The summed E-state index contributed by atoms with van der Waals surface area (Å²) in [6, 6.07) is 18.4. The first-order chi connectivity index (χ1) is 20.0. The highest BCUT2D eigenvalue weighted by Gasteiger charge is 2.27. The van der Waals surface area contributed by atoms with Crippen molar-refractivity contribution in [2.24, 2.45) is 0 Å². The lowest BCUT2D eigenvalue weighted by atomic mass is 10.1. The van der Waals surface area contributed by atoms with Crippen LogP contribution in [0.2, 0.25) is 0 Å². The smallest absolute Gasteiger partial charge is 0.251 e. The van der Waals surface area contributed by atoms with Crippen LogP contribution in [0.3, 0.4) is 0 Å². The molecular weight excluding hydrogens is 518 g/mol. The Balaban J connectivity index is 1.26. The number of nitrogens with one attached hydrogen (secondary N) is 2. The van der Waals surface area contributed by atoms with E-state index < -0.39 is 0 Å². The first-order valence-corrected chi connectivity index (χ1v) is 13.6. The molecule has 2 aliphatic carbocycles. The van der Waals surface area contributed by atoms with Crippen molar-refractivity contribution < 1.29 is 14.7 Å². The van der Waals surface area contributed by atoms with Gasteiger partial charge >= 0.3 is 0 Å². The molecule has 0 aliphatic heterocycles. The number of rotatable bonds is 7. The molecule has 10 nitrogen and oxygen atoms in total. The molecule has 2 aliphatic rings. The number of phenolic OH excluding ortho intramolecular Hbond substituents is 1. The van der Waals surface area contributed by atoms with Crippen molar-refractivity contribution >= 4 is 35.0 Å². The number of aldehydes is 1. The van der Waals surface area contributed by atoms with Crippen molar-refractivity contribution in [3.8, 4) is 22.8 Å². The second kappa shape index (κ2) is 9.74. The van der Waals surface area contributed by atoms with Gasteiger partial charge in [-0.05, 0) is 91.4 Å². The number of nitrogens with zero attached hydrogens (tertiary/aromatic N) is 4. The van der Waals surface area contributed by atoms with Crippen molar-refractivity contribution in [2.45, 2.75) is 37.8 Å². The fourth-order valence-corrected chi connectivity index (χ4v) is 5.43. The molecular formula is C31H27N7O3. The molecule has 5 aromatic rings. The van der Waals surface area contributed by atoms with Gasteiger partial charge in [-0.3, -0.25) is 14.2 Å². The first-order valence-electron chi connectivity index (χ1n) is 13.6. The highest BCUT2D eigenvalue weighted by atomic mass is 16.3. The van der Waals surface area contributed by atoms with Crippen molar-refractivity contribution in [3.05, 3.63) is 89.1 Å². The number of pyridine rings is 2. The van der Waals surface area contributed by atoms with E-state index in [9.17, 15) is 14.7 Å². The average molecular weight is 546 g/mol. The van der Waals surface area contributed by atoms with Crippen LogP contribution in [0.15, 0.2) is 66.9 Å². The molecule has 0 radical (unpaired) electrons. The van der Waals surface area contributed by atoms with Gasteiger partial charge in [-0.15, -0.1) is 0 Å². The molecule has 0 spiro atoms. The number of aromatic hydroxyl groups is 1. The number of hydrogen-bond acceptors (Lipinski definition) is 8. The molecule has 1 amide bonds. The molecule has 10 heteroatoms. The Morgan fingerprint density at radius 2 is 1.93 bits per heavy atom. The SMILES string of the molecule is Nc1ncccc1-c1nc2ccc(NC3CC3)nc2n1-c1ccc2c(c1)CC[C@@H]2NC(=O)c1ccc(O)c(C=O)c1. The van der Waals surface area contributed by atoms with Crippen LogP contribution in [0.5, 0.6) is 5.75 Å². The zero-order chi connectivity index (χ0) is 28.1. The lowest BCUT2D eigenvalue weighted by Crippen LogP contribution is -2.27. The second-order valence-corrected chi connectivity index (χ2v) is 10.5. The molecule has 0 unspecified atom stereocenters. The van der Waals surface area contributed by atoms with Crippen molar-refractivity contribution in [3.63, 3.8) is 0 Å². The molecule has 7 rings (SSSR count). The number of fused-ring (bicyclic) bond motifs is 2. The minimum atomic E-state index is -0.301. The fourth-order valence-electron chi connectivity index (χ4n) is 5.43. The van der Waals surface area contributed by atoms with E-state index in [1.165, 1.54) is 18.2 Å². The van der Waals surface area contributed by atoms with Gasteiger partial charge < -0.3 is 21.5 Å². The largest absolute Gasteiger partial charge is 0.507 e. The summed E-state index contributed by atoms with van der Waals surface area (Å²) in [6.45, 7) is 0. The number of anilines is 2. The standard InChI is InChI=1S/C31H27N7O3/c32-28-23(2-1-13-33-28)29-35-25-10-12-27(34-20-5-6-20)37-30(25)38(29)21-7-8-22-17(15-21)3-9-24(22)36-31(41)18-4-11-26(40)19(14-18)16-39/h1-2,4,7-8,10-16,20,24,40H,3,5-6,9H2,(H2,32,33)(H,34,37)(H,36,41)/t24-/m0/s1. The van der Waals surface area contributed by atoms with E-state index >= 15 is 0 Å². The summed E-state index contributed by atoms with van der Waals surface area (Å²) in [7, 11) is 0. The Morgan fingerprint density at radius 3 is 2.73 bits per heavy atom. The van der Waals surface area contributed by atoms with E-state index in [1.807, 2.05) is 41.0 Å². The summed E-state index contributed by atoms with van der Waals surface area (Å²) >= 11 is 0. The molecule has 204 valence electrons. The first kappa shape index (κ1) is 24.8. The average Bonchev–Trinajstić information content (AvgIpc) is 3.59. The van der Waals surface area contributed by atoms with Gasteiger partial charge in [0.15, 0.2) is 17.8 Å². The molecule has 0 bridgehead atoms. The molecule has 3 heterocycles. The van der Waals surface area contributed by atoms with Crippen LogP contribution in [-0.2, 0) is 6.42 Å². The van der Waals surface area contributed by atoms with Crippen LogP contribution in [0.25, 0.3) is 28.2 Å². The minimum absolute atomic E-state index is 0.0795. The predicted molar refractivity (Wildman–Crippen MR) is 155 cm³/mol. The maximum absolute atomic E-state index is 13.0. The Morgan fingerprint density at radius 1 is 1.05 bits per heavy atom. The number of carbonyl (C=O) groups is 2. The lowest BCUT2D eigenvalue weighted by Gasteiger charge is -2.16. The van der Waals surface area contributed by atoms with Crippen LogP contribution >= 0.6 is 0 Å². The fraction of sp³-hybridized carbons (Fsp3) is 0.194. The molecule has 3 aromatic heterocycles. The molecule has 1 fully saturated rings. The normalized spacial score (nSPS) is 16.0. The van der Waals surface area contributed by atoms with Gasteiger partial charge in [-0.25, -0.2) is 15.0 Å². The summed E-state index contributed by atoms with van der Waals surface area (Å²) in [6.07, 6.45) is 6.00. The van der Waals surface area contributed by atoms with E-state index in [2.05, 4.69) is 21.7 Å². The van der Waals surface area contributed by atoms with E-state index in [4.69, 9.17) is 15.7 Å². The maximum Gasteiger partial charge on any atom is 0.251 e. The summed E-state index contributed by atoms with van der Waals surface area (Å²) in [5.74, 6) is 1.39. The van der Waals surface area contributed by atoms with Gasteiger partial charge in [0.1, 0.15) is 22.9 Å². The maximum atomic E-state index is 13.0. The quantitative estimate of drug-likeness (QED) is 0.217. The van der Waals surface area contributed by atoms with Crippen LogP contribution in [0.1, 0.15) is 57.1 Å². The minimum Gasteiger partial charge on any atom is -0.507 e. The molecule has 5 N–H and O–H groups in total. The van der Waals surface area contributed by atoms with Crippen molar-refractivity contribution in [2.75, 3.05) is 11.1 Å². The molecule has 41 heavy (non-hydrogen) atoms. The third-order valence-corrected chi connectivity index (χ3v) is 7.70. The zero-order valence-electron chi connectivity index (χ0n) is 22.0. The van der Waals surface area contributed by atoms with Crippen molar-refractivity contribution in [1.82, 2.24) is 24.8 Å². The highest BCUT2D eigenvalue weighted by Crippen LogP contribution is 2.36. The molecule has 1 atom stereocenters. The van der Waals surface area contributed by atoms with E-state index in [0.717, 1.165) is 65.0 Å². The monoisotopic (exact) mass is 545 g/mol. The van der Waals surface area contributed by atoms with Crippen molar-refractivity contribution in [1.29, 1.82) is 0 Å². The lowest BCUT2D eigenvalue weighted by molar-refractivity contribution is 0.0936. The molecule has 0 saturated heterocycles. The third-order valence-electron chi connectivity index (χ3n) is 7.70. The summed E-state index contributed by atoms with van der Waals surface area (Å²) in [5.41, 5.74) is 11.9. The topological polar surface area (TPSA) is 148 Å². The predicted octanol–water partition coefficient (Wildman–Crippen LogP) is 4.57. The second-order valence-electron chi connectivity index (χ2n) is 10.5. The Bertz CT molecular complexity index is 1840.